The number of likely N-dealkylation sites (N-methyl/N-ethyl adjacent to an activating group) is 1. The summed E-state index contributed by atoms with van der Waals surface area (Å²) in [6.07, 6.45) is -2.40. The third kappa shape index (κ3) is 7.04. The first-order valence-corrected chi connectivity index (χ1v) is 5.44. The molecule has 2 N–H and O–H groups in total. The van der Waals surface area contributed by atoms with Crippen molar-refractivity contribution in [3.63, 3.8) is 0 Å². The normalized spacial score (nSPS) is 15.1. The second-order valence-corrected chi connectivity index (χ2v) is 4.55. The van der Waals surface area contributed by atoms with Gasteiger partial charge in [-0.1, -0.05) is 0 Å². The van der Waals surface area contributed by atoms with E-state index in [4.69, 9.17) is 9.47 Å². The highest BCUT2D eigenvalue weighted by Gasteiger charge is 2.30. The number of aliphatic hydroxyl groups is 1. The minimum Gasteiger partial charge on any atom is -0.458 e. The highest BCUT2D eigenvalue weighted by molar-refractivity contribution is 5.80. The Kier molecular flexibility index (Phi) is 6.94. The van der Waals surface area contributed by atoms with Gasteiger partial charge in [0, 0.05) is 6.54 Å². The number of aldehydes is 1. The average Bonchev–Trinajstić information content (AvgIpc) is 2.21. The van der Waals surface area contributed by atoms with Gasteiger partial charge in [-0.2, -0.15) is 0 Å². The molecule has 0 rings (SSSR count). The number of hydrogen-bond acceptors (Lipinski definition) is 6. The lowest BCUT2D eigenvalue weighted by Crippen LogP contribution is -2.42. The lowest BCUT2D eigenvalue weighted by atomic mass is 10.1. The van der Waals surface area contributed by atoms with Crippen LogP contribution in [0, 0.1) is 0 Å². The van der Waals surface area contributed by atoms with Crippen LogP contribution in [0.15, 0.2) is 0 Å². The number of carbonyl (C=O) groups excluding carboxylic acids is 2. The highest BCUT2D eigenvalue weighted by Crippen LogP contribution is 2.10. The molecule has 0 saturated carbocycles. The van der Waals surface area contributed by atoms with E-state index in [1.165, 1.54) is 0 Å². The number of carbonyl (C=O) groups is 2. The molecule has 6 nitrogen and oxygen atoms in total. The van der Waals surface area contributed by atoms with Crippen LogP contribution in [-0.4, -0.2) is 55.4 Å². The van der Waals surface area contributed by atoms with Gasteiger partial charge in [0.25, 0.3) is 0 Å². The van der Waals surface area contributed by atoms with Gasteiger partial charge in [-0.15, -0.1) is 0 Å². The Morgan fingerprint density at radius 2 is 2.06 bits per heavy atom. The first-order chi connectivity index (χ1) is 7.81. The number of rotatable bonds is 7. The molecule has 0 amide bonds. The molecule has 17 heavy (non-hydrogen) atoms. The first-order valence-electron chi connectivity index (χ1n) is 5.44. The molecule has 0 spiro atoms. The molecule has 2 atom stereocenters. The second-order valence-electron chi connectivity index (χ2n) is 4.55. The van der Waals surface area contributed by atoms with Crippen LogP contribution in [0.1, 0.15) is 20.8 Å². The van der Waals surface area contributed by atoms with E-state index in [1.54, 1.807) is 27.8 Å². The van der Waals surface area contributed by atoms with E-state index >= 15 is 0 Å². The summed E-state index contributed by atoms with van der Waals surface area (Å²) in [5.41, 5.74) is -0.712. The number of aliphatic hydroxyl groups excluding tert-OH is 1. The fourth-order valence-corrected chi connectivity index (χ4v) is 0.998. The van der Waals surface area contributed by atoms with Gasteiger partial charge < -0.3 is 24.7 Å². The van der Waals surface area contributed by atoms with Crippen molar-refractivity contribution < 1.29 is 24.2 Å². The predicted octanol–water partition coefficient (Wildman–Crippen LogP) is -0.507. The fourth-order valence-electron chi connectivity index (χ4n) is 0.998. The Bertz CT molecular complexity index is 249. The Hall–Kier alpha value is -0.980. The summed E-state index contributed by atoms with van der Waals surface area (Å²) in [7, 11) is 1.73. The van der Waals surface area contributed by atoms with Crippen LogP contribution in [0.4, 0.5) is 0 Å². The Morgan fingerprint density at radius 1 is 1.47 bits per heavy atom. The van der Waals surface area contributed by atoms with Gasteiger partial charge in [0.2, 0.25) is 0 Å². The van der Waals surface area contributed by atoms with Crippen molar-refractivity contribution in [3.05, 3.63) is 0 Å². The summed E-state index contributed by atoms with van der Waals surface area (Å²) < 4.78 is 9.99. The maximum Gasteiger partial charge on any atom is 0.338 e. The summed E-state index contributed by atoms with van der Waals surface area (Å²) in [5.74, 6) is -0.862. The molecule has 0 heterocycles. The Morgan fingerprint density at radius 3 is 2.47 bits per heavy atom. The van der Waals surface area contributed by atoms with E-state index in [2.05, 4.69) is 5.32 Å². The van der Waals surface area contributed by atoms with Crippen LogP contribution in [0.25, 0.3) is 0 Å². The van der Waals surface area contributed by atoms with E-state index < -0.39 is 23.8 Å². The lowest BCUT2D eigenvalue weighted by Gasteiger charge is -2.23. The summed E-state index contributed by atoms with van der Waals surface area (Å²) in [6.45, 7) is 5.77. The van der Waals surface area contributed by atoms with Crippen molar-refractivity contribution in [3.8, 4) is 0 Å². The van der Waals surface area contributed by atoms with Crippen LogP contribution >= 0.6 is 0 Å². The molecule has 0 bridgehead atoms. The number of ether oxygens (including phenoxy) is 2. The molecule has 0 aromatic carbocycles. The van der Waals surface area contributed by atoms with Crippen LogP contribution < -0.4 is 5.32 Å². The summed E-state index contributed by atoms with van der Waals surface area (Å²) in [4.78, 5) is 22.2. The quantitative estimate of drug-likeness (QED) is 0.358. The Balaban J connectivity index is 4.27. The van der Waals surface area contributed by atoms with Crippen molar-refractivity contribution in [2.75, 3.05) is 20.2 Å². The van der Waals surface area contributed by atoms with Crippen LogP contribution in [0.2, 0.25) is 0 Å². The molecule has 0 radical (unpaired) electrons. The van der Waals surface area contributed by atoms with E-state index in [0.29, 0.717) is 12.8 Å². The summed E-state index contributed by atoms with van der Waals surface area (Å²) in [5, 5.41) is 12.4. The maximum atomic E-state index is 11.5. The fraction of sp³-hybridized carbons (Fsp3) is 0.818. The smallest absolute Gasteiger partial charge is 0.338 e. The largest absolute Gasteiger partial charge is 0.458 e. The minimum atomic E-state index is -1.59. The van der Waals surface area contributed by atoms with Gasteiger partial charge in [0.1, 0.15) is 11.7 Å². The van der Waals surface area contributed by atoms with Gasteiger partial charge in [0.05, 0.1) is 6.61 Å². The molecular weight excluding hydrogens is 226 g/mol. The zero-order valence-corrected chi connectivity index (χ0v) is 10.7. The molecular formula is C11H21NO5. The molecule has 0 aliphatic carbocycles. The second kappa shape index (κ2) is 7.37. The molecule has 0 saturated heterocycles. The van der Waals surface area contributed by atoms with Crippen molar-refractivity contribution in [1.82, 2.24) is 5.32 Å². The predicted molar refractivity (Wildman–Crippen MR) is 61.6 cm³/mol. The zero-order chi connectivity index (χ0) is 13.5. The van der Waals surface area contributed by atoms with Crippen molar-refractivity contribution in [2.24, 2.45) is 0 Å². The molecule has 0 fully saturated rings. The summed E-state index contributed by atoms with van der Waals surface area (Å²) in [6, 6.07) is 0. The van der Waals surface area contributed by atoms with E-state index in [-0.39, 0.29) is 6.61 Å². The zero-order valence-electron chi connectivity index (χ0n) is 10.7. The monoisotopic (exact) mass is 247 g/mol. The standard InChI is InChI=1S/C11H21NO5/c1-11(2,3)17-10(15)9(14)8(7-13)16-6-5-12-4/h7-9,12,14H,5-6H2,1-4H3/t8-,9?/m0/s1. The lowest BCUT2D eigenvalue weighted by molar-refractivity contribution is -0.174. The molecule has 0 aromatic heterocycles. The van der Waals surface area contributed by atoms with Gasteiger partial charge in [-0.05, 0) is 27.8 Å². The van der Waals surface area contributed by atoms with Gasteiger partial charge in [-0.3, -0.25) is 0 Å². The third-order valence-corrected chi connectivity index (χ3v) is 1.76. The Labute approximate surface area is 101 Å². The first kappa shape index (κ1) is 16.0. The van der Waals surface area contributed by atoms with E-state index in [0.717, 1.165) is 0 Å². The van der Waals surface area contributed by atoms with Gasteiger partial charge >= 0.3 is 5.97 Å². The molecule has 0 aliphatic heterocycles. The molecule has 1 unspecified atom stereocenters. The highest BCUT2D eigenvalue weighted by atomic mass is 16.6. The molecule has 6 heteroatoms. The van der Waals surface area contributed by atoms with Gasteiger partial charge in [-0.25, -0.2) is 4.79 Å². The van der Waals surface area contributed by atoms with Crippen LogP contribution in [0.5, 0.6) is 0 Å². The van der Waals surface area contributed by atoms with Crippen LogP contribution in [-0.2, 0) is 19.1 Å². The third-order valence-electron chi connectivity index (χ3n) is 1.76. The molecule has 0 aliphatic rings. The topological polar surface area (TPSA) is 84.9 Å². The van der Waals surface area contributed by atoms with Gasteiger partial charge in [0.15, 0.2) is 12.4 Å². The number of nitrogens with one attached hydrogen (secondary N) is 1. The van der Waals surface area contributed by atoms with Crippen molar-refractivity contribution >= 4 is 12.3 Å². The maximum absolute atomic E-state index is 11.5. The summed E-state index contributed by atoms with van der Waals surface area (Å²) >= 11 is 0. The average molecular weight is 247 g/mol. The van der Waals surface area contributed by atoms with Crippen molar-refractivity contribution in [1.29, 1.82) is 0 Å². The molecule has 0 aromatic rings. The number of hydrogen-bond donors (Lipinski definition) is 2. The number of esters is 1. The molecule has 100 valence electrons. The van der Waals surface area contributed by atoms with Crippen molar-refractivity contribution in [2.45, 2.75) is 38.6 Å². The van der Waals surface area contributed by atoms with E-state index in [9.17, 15) is 14.7 Å². The SMILES string of the molecule is CNCCO[C@@H](C=O)C(O)C(=O)OC(C)(C)C. The van der Waals surface area contributed by atoms with Crippen LogP contribution in [0.3, 0.4) is 0 Å². The minimum absolute atomic E-state index is 0.222. The van der Waals surface area contributed by atoms with E-state index in [1.807, 2.05) is 0 Å².